The zero-order chi connectivity index (χ0) is 26.2. The van der Waals surface area contributed by atoms with Crippen LogP contribution < -0.4 is 14.2 Å². The van der Waals surface area contributed by atoms with Crippen LogP contribution >= 0.6 is 0 Å². The third kappa shape index (κ3) is 4.75. The molecular formula is C31H32N2O5. The lowest BCUT2D eigenvalue weighted by Crippen LogP contribution is -2.45. The molecule has 3 aromatic rings. The summed E-state index contributed by atoms with van der Waals surface area (Å²) in [6.07, 6.45) is 2.75. The second-order valence-electron chi connectivity index (χ2n) is 10.2. The molecule has 0 atom stereocenters. The molecule has 0 aliphatic carbocycles. The van der Waals surface area contributed by atoms with Crippen molar-refractivity contribution in [1.82, 2.24) is 9.80 Å². The lowest BCUT2D eigenvalue weighted by molar-refractivity contribution is 0.101. The molecule has 7 heteroatoms. The number of piperazine rings is 1. The van der Waals surface area contributed by atoms with Crippen molar-refractivity contribution in [2.75, 3.05) is 33.0 Å². The summed E-state index contributed by atoms with van der Waals surface area (Å²) < 4.78 is 17.1. The fourth-order valence-electron chi connectivity index (χ4n) is 5.36. The van der Waals surface area contributed by atoms with E-state index in [2.05, 4.69) is 41.0 Å². The molecule has 196 valence electrons. The summed E-state index contributed by atoms with van der Waals surface area (Å²) in [7, 11) is 0. The molecule has 0 radical (unpaired) electrons. The van der Waals surface area contributed by atoms with E-state index in [0.717, 1.165) is 61.8 Å². The van der Waals surface area contributed by atoms with Gasteiger partial charge in [-0.2, -0.15) is 0 Å². The quantitative estimate of drug-likeness (QED) is 0.470. The Morgan fingerprint density at radius 3 is 2.32 bits per heavy atom. The second kappa shape index (κ2) is 10.2. The molecular weight excluding hydrogens is 480 g/mol. The first-order valence-corrected chi connectivity index (χ1v) is 13.2. The van der Waals surface area contributed by atoms with Gasteiger partial charge >= 0.3 is 0 Å². The van der Waals surface area contributed by atoms with E-state index in [1.54, 1.807) is 12.1 Å². The van der Waals surface area contributed by atoms with Crippen molar-refractivity contribution in [2.24, 2.45) is 0 Å². The molecule has 6 rings (SSSR count). The standard InChI is InChI=1S/C31H32N2O5/c1-3-21-4-6-22(7-5-21)15-28-30(35)29-20(2)14-25(34)24(31(29)38-28)18-33-12-10-32(11-13-33)17-23-8-9-26-27(16-23)37-19-36-26/h4-9,14-16,34H,3,10-13,17-19H2,1-2H3/b28-15-. The molecule has 3 heterocycles. The number of phenols is 1. The van der Waals surface area contributed by atoms with Crippen molar-refractivity contribution in [1.29, 1.82) is 0 Å². The van der Waals surface area contributed by atoms with Crippen LogP contribution in [0.5, 0.6) is 23.0 Å². The largest absolute Gasteiger partial charge is 0.507 e. The molecule has 0 unspecified atom stereocenters. The Morgan fingerprint density at radius 1 is 0.895 bits per heavy atom. The Bertz CT molecular complexity index is 1400. The number of hydrogen-bond donors (Lipinski definition) is 1. The number of fused-ring (bicyclic) bond motifs is 2. The molecule has 3 aromatic carbocycles. The minimum absolute atomic E-state index is 0.133. The number of ether oxygens (including phenoxy) is 3. The van der Waals surface area contributed by atoms with Gasteiger partial charge in [-0.3, -0.25) is 14.6 Å². The number of benzene rings is 3. The minimum Gasteiger partial charge on any atom is -0.507 e. The predicted molar refractivity (Wildman–Crippen MR) is 145 cm³/mol. The first-order valence-electron chi connectivity index (χ1n) is 13.2. The number of allylic oxidation sites excluding steroid dienone is 1. The summed E-state index contributed by atoms with van der Waals surface area (Å²) in [5.74, 6) is 2.44. The molecule has 3 aliphatic heterocycles. The highest BCUT2D eigenvalue weighted by molar-refractivity contribution is 6.15. The smallest absolute Gasteiger partial charge is 0.232 e. The number of phenolic OH excluding ortho intramolecular Hbond substituents is 1. The Hall–Kier alpha value is -3.81. The van der Waals surface area contributed by atoms with E-state index in [-0.39, 0.29) is 18.3 Å². The third-order valence-corrected chi connectivity index (χ3v) is 7.60. The number of carbonyl (C=O) groups excluding carboxylic acids is 1. The summed E-state index contributed by atoms with van der Waals surface area (Å²) >= 11 is 0. The van der Waals surface area contributed by atoms with Crippen LogP contribution in [0.4, 0.5) is 0 Å². The molecule has 3 aliphatic rings. The number of nitrogens with zero attached hydrogens (tertiary/aromatic N) is 2. The molecule has 0 aromatic heterocycles. The molecule has 0 spiro atoms. The number of carbonyl (C=O) groups is 1. The topological polar surface area (TPSA) is 71.5 Å². The van der Waals surface area contributed by atoms with Gasteiger partial charge in [-0.05, 0) is 59.9 Å². The van der Waals surface area contributed by atoms with E-state index in [0.29, 0.717) is 29.2 Å². The van der Waals surface area contributed by atoms with Gasteiger partial charge in [0.05, 0.1) is 11.1 Å². The summed E-state index contributed by atoms with van der Waals surface area (Å²) in [5, 5.41) is 10.9. The maximum absolute atomic E-state index is 13.3. The van der Waals surface area contributed by atoms with Crippen LogP contribution in [-0.4, -0.2) is 53.7 Å². The lowest BCUT2D eigenvalue weighted by atomic mass is 9.99. The van der Waals surface area contributed by atoms with Crippen LogP contribution in [0.25, 0.3) is 6.08 Å². The number of hydrogen-bond acceptors (Lipinski definition) is 7. The van der Waals surface area contributed by atoms with Gasteiger partial charge in [0.25, 0.3) is 0 Å². The first kappa shape index (κ1) is 24.5. The Morgan fingerprint density at radius 2 is 1.58 bits per heavy atom. The van der Waals surface area contributed by atoms with E-state index in [1.165, 1.54) is 11.1 Å². The van der Waals surface area contributed by atoms with E-state index < -0.39 is 0 Å². The van der Waals surface area contributed by atoms with Crippen LogP contribution in [0.2, 0.25) is 0 Å². The van der Waals surface area contributed by atoms with Crippen molar-refractivity contribution in [3.8, 4) is 23.0 Å². The van der Waals surface area contributed by atoms with Crippen LogP contribution in [0.15, 0.2) is 54.3 Å². The average molecular weight is 513 g/mol. The summed E-state index contributed by atoms with van der Waals surface area (Å²) in [4.78, 5) is 18.0. The minimum atomic E-state index is -0.133. The number of aromatic hydroxyl groups is 1. The van der Waals surface area contributed by atoms with Gasteiger partial charge in [-0.1, -0.05) is 37.3 Å². The highest BCUT2D eigenvalue weighted by Crippen LogP contribution is 2.42. The van der Waals surface area contributed by atoms with Gasteiger partial charge in [0.2, 0.25) is 12.6 Å². The maximum atomic E-state index is 13.3. The fourth-order valence-corrected chi connectivity index (χ4v) is 5.36. The fraction of sp³-hybridized carbons (Fsp3) is 0.323. The first-order chi connectivity index (χ1) is 18.5. The predicted octanol–water partition coefficient (Wildman–Crippen LogP) is 4.93. The van der Waals surface area contributed by atoms with Crippen molar-refractivity contribution in [3.05, 3.63) is 87.7 Å². The van der Waals surface area contributed by atoms with Crippen molar-refractivity contribution in [2.45, 2.75) is 33.4 Å². The van der Waals surface area contributed by atoms with Gasteiger partial charge in [-0.15, -0.1) is 0 Å². The Balaban J connectivity index is 1.14. The normalized spacial score (nSPS) is 18.2. The molecule has 0 amide bonds. The van der Waals surface area contributed by atoms with Gasteiger partial charge in [0.1, 0.15) is 11.5 Å². The van der Waals surface area contributed by atoms with E-state index in [9.17, 15) is 9.90 Å². The Labute approximate surface area is 222 Å². The average Bonchev–Trinajstić information content (AvgIpc) is 3.52. The van der Waals surface area contributed by atoms with Crippen LogP contribution in [-0.2, 0) is 19.5 Å². The van der Waals surface area contributed by atoms with Crippen LogP contribution in [0.1, 0.15) is 45.1 Å². The molecule has 1 N–H and O–H groups in total. The zero-order valence-electron chi connectivity index (χ0n) is 21.8. The highest BCUT2D eigenvalue weighted by Gasteiger charge is 2.34. The summed E-state index contributed by atoms with van der Waals surface area (Å²) in [6, 6.07) is 15.9. The Kier molecular flexibility index (Phi) is 6.55. The second-order valence-corrected chi connectivity index (χ2v) is 10.2. The highest BCUT2D eigenvalue weighted by atomic mass is 16.7. The van der Waals surface area contributed by atoms with E-state index >= 15 is 0 Å². The molecule has 38 heavy (non-hydrogen) atoms. The number of aryl methyl sites for hydroxylation is 2. The van der Waals surface area contributed by atoms with Crippen molar-refractivity contribution in [3.63, 3.8) is 0 Å². The number of rotatable bonds is 6. The van der Waals surface area contributed by atoms with E-state index in [1.807, 2.05) is 25.1 Å². The summed E-state index contributed by atoms with van der Waals surface area (Å²) in [6.45, 7) is 9.13. The molecule has 1 saturated heterocycles. The van der Waals surface area contributed by atoms with Gasteiger partial charge < -0.3 is 19.3 Å². The SMILES string of the molecule is CCc1ccc(/C=C2\Oc3c(CN4CCN(Cc5ccc6c(c5)OCO6)CC4)c(O)cc(C)c3C2=O)cc1. The molecule has 0 saturated carbocycles. The molecule has 0 bridgehead atoms. The lowest BCUT2D eigenvalue weighted by Gasteiger charge is -2.35. The van der Waals surface area contributed by atoms with Crippen molar-refractivity contribution >= 4 is 11.9 Å². The van der Waals surface area contributed by atoms with Crippen LogP contribution in [0.3, 0.4) is 0 Å². The number of ketones is 1. The third-order valence-electron chi connectivity index (χ3n) is 7.60. The summed E-state index contributed by atoms with van der Waals surface area (Å²) in [5.41, 5.74) is 5.31. The van der Waals surface area contributed by atoms with E-state index in [4.69, 9.17) is 14.2 Å². The van der Waals surface area contributed by atoms with Gasteiger partial charge in [-0.25, -0.2) is 0 Å². The van der Waals surface area contributed by atoms with Crippen LogP contribution in [0, 0.1) is 6.92 Å². The van der Waals surface area contributed by atoms with Gasteiger partial charge in [0, 0.05) is 39.3 Å². The molecule has 7 nitrogen and oxygen atoms in total. The maximum Gasteiger partial charge on any atom is 0.232 e. The number of Topliss-reactive ketones (excluding diaryl/α,β-unsaturated/α-hetero) is 1. The van der Waals surface area contributed by atoms with Gasteiger partial charge in [0.15, 0.2) is 17.3 Å². The zero-order valence-corrected chi connectivity index (χ0v) is 21.8. The van der Waals surface area contributed by atoms with Crippen molar-refractivity contribution < 1.29 is 24.1 Å². The molecule has 1 fully saturated rings. The monoisotopic (exact) mass is 512 g/mol.